The number of nitrogens with zero attached hydrogens (tertiary/aromatic N) is 1. The number of amides is 1. The molecule has 1 aliphatic carbocycles. The minimum atomic E-state index is -0.199. The van der Waals surface area contributed by atoms with Gasteiger partial charge in [-0.2, -0.15) is 0 Å². The second-order valence-corrected chi connectivity index (χ2v) is 8.23. The smallest absolute Gasteiger partial charge is 0.278 e. The molecule has 4 atom stereocenters. The van der Waals surface area contributed by atoms with Gasteiger partial charge in [0.2, 0.25) is 0 Å². The molecule has 3 rings (SSSR count). The van der Waals surface area contributed by atoms with Crippen LogP contribution in [0.15, 0.2) is 24.3 Å². The van der Waals surface area contributed by atoms with Crippen molar-refractivity contribution in [2.45, 2.75) is 52.1 Å². The summed E-state index contributed by atoms with van der Waals surface area (Å²) < 4.78 is 13.1. The number of hydrogen-bond donors (Lipinski definition) is 2. The van der Waals surface area contributed by atoms with Gasteiger partial charge < -0.3 is 15.1 Å². The van der Waals surface area contributed by atoms with E-state index in [2.05, 4.69) is 31.0 Å². The number of benzene rings is 1. The maximum Gasteiger partial charge on any atom is 0.278 e. The number of nitrogens with one attached hydrogen (secondary N) is 2. The van der Waals surface area contributed by atoms with Crippen molar-refractivity contribution in [2.24, 2.45) is 11.8 Å². The summed E-state index contributed by atoms with van der Waals surface area (Å²) in [6.45, 7) is 10.3. The van der Waals surface area contributed by atoms with Crippen LogP contribution in [0, 0.1) is 17.7 Å². The van der Waals surface area contributed by atoms with Crippen molar-refractivity contribution in [2.75, 3.05) is 31.1 Å². The first-order valence-corrected chi connectivity index (χ1v) is 10.1. The van der Waals surface area contributed by atoms with E-state index in [0.717, 1.165) is 38.3 Å². The number of carbonyl (C=O) groups is 1. The van der Waals surface area contributed by atoms with Crippen LogP contribution in [-0.4, -0.2) is 44.2 Å². The number of anilines is 1. The van der Waals surface area contributed by atoms with Gasteiger partial charge in [-0.3, -0.25) is 4.79 Å². The quantitative estimate of drug-likeness (QED) is 0.858. The summed E-state index contributed by atoms with van der Waals surface area (Å²) >= 11 is 0. The van der Waals surface area contributed by atoms with Crippen molar-refractivity contribution >= 4 is 11.6 Å². The Hall–Kier alpha value is -1.62. The lowest BCUT2D eigenvalue weighted by Crippen LogP contribution is -3.19. The highest BCUT2D eigenvalue weighted by molar-refractivity contribution is 5.80. The third kappa shape index (κ3) is 4.37. The van der Waals surface area contributed by atoms with Crippen molar-refractivity contribution < 1.29 is 14.1 Å². The summed E-state index contributed by atoms with van der Waals surface area (Å²) in [6, 6.07) is 7.00. The number of rotatable bonds is 4. The monoisotopic (exact) mass is 362 g/mol. The zero-order valence-corrected chi connectivity index (χ0v) is 16.3. The summed E-state index contributed by atoms with van der Waals surface area (Å²) in [4.78, 5) is 16.4. The van der Waals surface area contributed by atoms with E-state index < -0.39 is 0 Å². The van der Waals surface area contributed by atoms with Gasteiger partial charge >= 0.3 is 0 Å². The Labute approximate surface area is 156 Å². The molecule has 0 aromatic heterocycles. The van der Waals surface area contributed by atoms with Gasteiger partial charge in [-0.15, -0.1) is 0 Å². The predicted molar refractivity (Wildman–Crippen MR) is 103 cm³/mol. The van der Waals surface area contributed by atoms with Crippen molar-refractivity contribution in [3.8, 4) is 0 Å². The number of piperazine rings is 1. The van der Waals surface area contributed by atoms with E-state index in [1.54, 1.807) is 0 Å². The Morgan fingerprint density at radius 2 is 1.85 bits per heavy atom. The minimum absolute atomic E-state index is 0.0187. The fraction of sp³-hybridized carbons (Fsp3) is 0.667. The molecule has 4 nitrogen and oxygen atoms in total. The molecule has 2 aliphatic rings. The first-order valence-electron chi connectivity index (χ1n) is 10.1. The highest BCUT2D eigenvalue weighted by Crippen LogP contribution is 2.29. The van der Waals surface area contributed by atoms with Gasteiger partial charge in [0.25, 0.3) is 5.91 Å². The van der Waals surface area contributed by atoms with E-state index >= 15 is 0 Å². The lowest BCUT2D eigenvalue weighted by atomic mass is 9.78. The third-order valence-corrected chi connectivity index (χ3v) is 6.64. The molecule has 2 fully saturated rings. The normalized spacial score (nSPS) is 28.6. The summed E-state index contributed by atoms with van der Waals surface area (Å²) in [7, 11) is 0. The summed E-state index contributed by atoms with van der Waals surface area (Å²) in [6.07, 6.45) is 3.60. The molecule has 1 aliphatic heterocycles. The molecule has 0 unspecified atom stereocenters. The summed E-state index contributed by atoms with van der Waals surface area (Å²) in [5.41, 5.74) is 1.06. The minimum Gasteiger partial charge on any atom is -0.360 e. The molecule has 0 spiro atoms. The molecule has 1 saturated carbocycles. The standard InChI is InChI=1S/C21H32FN3O/c1-15-5-4-6-20(16(15)2)23-21(26)17(3)24-11-13-25(14-12-24)19-9-7-18(22)8-10-19/h7-10,15-17,20H,4-6,11-14H2,1-3H3,(H,23,26)/p+1/t15-,16-,17-,20+/m1/s1. The molecule has 0 bridgehead atoms. The second-order valence-electron chi connectivity index (χ2n) is 8.23. The number of halogens is 1. The Morgan fingerprint density at radius 1 is 1.19 bits per heavy atom. The largest absolute Gasteiger partial charge is 0.360 e. The molecule has 0 radical (unpaired) electrons. The van der Waals surface area contributed by atoms with Crippen LogP contribution in [0.2, 0.25) is 0 Å². The molecular formula is C21H33FN3O+. The fourth-order valence-corrected chi connectivity index (χ4v) is 4.42. The molecule has 5 heteroatoms. The van der Waals surface area contributed by atoms with Crippen LogP contribution < -0.4 is 15.1 Å². The topological polar surface area (TPSA) is 36.8 Å². The summed E-state index contributed by atoms with van der Waals surface area (Å²) in [5.74, 6) is 1.25. The summed E-state index contributed by atoms with van der Waals surface area (Å²) in [5, 5.41) is 3.33. The van der Waals surface area contributed by atoms with Crippen LogP contribution in [0.25, 0.3) is 0 Å². The van der Waals surface area contributed by atoms with Gasteiger partial charge in [0.1, 0.15) is 5.82 Å². The van der Waals surface area contributed by atoms with Gasteiger partial charge in [0.15, 0.2) is 6.04 Å². The van der Waals surface area contributed by atoms with E-state index in [-0.39, 0.29) is 17.8 Å². The number of hydrogen-bond acceptors (Lipinski definition) is 2. The first kappa shape index (κ1) is 19.2. The SMILES string of the molecule is C[C@@H]1[C@H](C)CCC[C@@H]1NC(=O)[C@@H](C)[NH+]1CCN(c2ccc(F)cc2)CC1. The van der Waals surface area contributed by atoms with Gasteiger partial charge in [0, 0.05) is 11.7 Å². The third-order valence-electron chi connectivity index (χ3n) is 6.64. The highest BCUT2D eigenvalue weighted by Gasteiger charge is 2.33. The fourth-order valence-electron chi connectivity index (χ4n) is 4.42. The predicted octanol–water partition coefficient (Wildman–Crippen LogP) is 1.86. The van der Waals surface area contributed by atoms with Crippen LogP contribution in [0.3, 0.4) is 0 Å². The molecule has 1 aromatic rings. The Morgan fingerprint density at radius 3 is 2.50 bits per heavy atom. The maximum atomic E-state index is 13.1. The highest BCUT2D eigenvalue weighted by atomic mass is 19.1. The maximum absolute atomic E-state index is 13.1. The molecular weight excluding hydrogens is 329 g/mol. The lowest BCUT2D eigenvalue weighted by Gasteiger charge is -2.38. The molecule has 1 saturated heterocycles. The number of carbonyl (C=O) groups excluding carboxylic acids is 1. The van der Waals surface area contributed by atoms with Crippen molar-refractivity contribution in [3.05, 3.63) is 30.1 Å². The lowest BCUT2D eigenvalue weighted by molar-refractivity contribution is -0.914. The van der Waals surface area contributed by atoms with E-state index in [0.29, 0.717) is 17.9 Å². The van der Waals surface area contributed by atoms with Gasteiger partial charge in [-0.25, -0.2) is 4.39 Å². The average molecular weight is 363 g/mol. The zero-order valence-electron chi connectivity index (χ0n) is 16.3. The van der Waals surface area contributed by atoms with Crippen LogP contribution in [0.5, 0.6) is 0 Å². The Balaban J connectivity index is 1.50. The molecule has 2 N–H and O–H groups in total. The van der Waals surface area contributed by atoms with Crippen molar-refractivity contribution in [1.29, 1.82) is 0 Å². The average Bonchev–Trinajstić information content (AvgIpc) is 2.65. The molecule has 144 valence electrons. The van der Waals surface area contributed by atoms with Crippen LogP contribution in [-0.2, 0) is 4.79 Å². The van der Waals surface area contributed by atoms with Gasteiger partial charge in [0.05, 0.1) is 26.2 Å². The first-order chi connectivity index (χ1) is 12.5. The van der Waals surface area contributed by atoms with E-state index in [1.807, 2.05) is 12.1 Å². The van der Waals surface area contributed by atoms with Gasteiger partial charge in [-0.05, 0) is 49.4 Å². The molecule has 1 amide bonds. The molecule has 1 aromatic carbocycles. The molecule has 1 heterocycles. The van der Waals surface area contributed by atoms with Crippen LogP contribution >= 0.6 is 0 Å². The van der Waals surface area contributed by atoms with E-state index in [1.165, 1.54) is 29.9 Å². The van der Waals surface area contributed by atoms with Crippen molar-refractivity contribution in [3.63, 3.8) is 0 Å². The van der Waals surface area contributed by atoms with E-state index in [4.69, 9.17) is 0 Å². The van der Waals surface area contributed by atoms with Gasteiger partial charge in [-0.1, -0.05) is 26.7 Å². The zero-order chi connectivity index (χ0) is 18.7. The Bertz CT molecular complexity index is 598. The Kier molecular flexibility index (Phi) is 6.17. The van der Waals surface area contributed by atoms with Crippen LogP contribution in [0.1, 0.15) is 40.0 Å². The second kappa shape index (κ2) is 8.38. The van der Waals surface area contributed by atoms with Crippen molar-refractivity contribution in [1.82, 2.24) is 5.32 Å². The number of quaternary nitrogens is 1. The van der Waals surface area contributed by atoms with Crippen LogP contribution in [0.4, 0.5) is 10.1 Å². The molecule has 26 heavy (non-hydrogen) atoms. The van der Waals surface area contributed by atoms with E-state index in [9.17, 15) is 9.18 Å².